The number of hydrogen-bond acceptors (Lipinski definition) is 14. The van der Waals surface area contributed by atoms with Crippen molar-refractivity contribution in [2.75, 3.05) is 39.6 Å². The smallest absolute Gasteiger partial charge is 0.463 e. The first-order valence-corrected chi connectivity index (χ1v) is 39.1. The highest BCUT2D eigenvalue weighted by Gasteiger charge is 2.29. The van der Waals surface area contributed by atoms with Gasteiger partial charge in [-0.2, -0.15) is 0 Å². The third-order valence-corrected chi connectivity index (χ3v) is 16.4. The van der Waals surface area contributed by atoms with E-state index in [0.717, 1.165) is 180 Å². The van der Waals surface area contributed by atoms with Crippen molar-refractivity contribution >= 4 is 33.6 Å². The van der Waals surface area contributed by atoms with Crippen LogP contribution in [0.3, 0.4) is 0 Å². The quantitative estimate of drug-likeness (QED) is 0.0146. The molecule has 5 atom stereocenters. The van der Waals surface area contributed by atoms with Crippen molar-refractivity contribution in [2.24, 2.45) is 0 Å². The molecular weight excluding hydrogens is 1240 g/mol. The molecule has 0 fully saturated rings. The van der Waals surface area contributed by atoms with Gasteiger partial charge in [0.05, 0.1) is 26.4 Å². The highest BCUT2D eigenvalue weighted by molar-refractivity contribution is 7.47. The lowest BCUT2D eigenvalue weighted by molar-refractivity contribution is -0.161. The van der Waals surface area contributed by atoms with Gasteiger partial charge >= 0.3 is 33.6 Å². The number of ether oxygens (including phenoxy) is 3. The van der Waals surface area contributed by atoms with Gasteiger partial charge < -0.3 is 34.2 Å². The van der Waals surface area contributed by atoms with Crippen LogP contribution in [-0.2, 0) is 55.8 Å². The molecule has 0 bridgehead atoms. The molecule has 5 unspecified atom stereocenters. The summed E-state index contributed by atoms with van der Waals surface area (Å²) in [6, 6.07) is 0. The van der Waals surface area contributed by atoms with Crippen LogP contribution in [0, 0.1) is 0 Å². The predicted molar refractivity (Wildman–Crippen MR) is 389 cm³/mol. The molecule has 18 heteroatoms. The summed E-state index contributed by atoms with van der Waals surface area (Å²) in [6.07, 6.45) is 83.1. The van der Waals surface area contributed by atoms with Crippen molar-refractivity contribution in [3.8, 4) is 0 Å². The number of carbonyl (C=O) groups excluding carboxylic acids is 3. The van der Waals surface area contributed by atoms with E-state index in [1.165, 1.54) is 25.7 Å². The molecule has 0 heterocycles. The molecule has 0 radical (unpaired) electrons. The van der Waals surface area contributed by atoms with E-state index in [-0.39, 0.29) is 19.3 Å². The number of carbonyl (C=O) groups is 3. The second-order valence-corrected chi connectivity index (χ2v) is 26.5. The summed E-state index contributed by atoms with van der Waals surface area (Å²) in [5.74, 6) is -1.64. The zero-order valence-electron chi connectivity index (χ0n) is 58.8. The van der Waals surface area contributed by atoms with Crippen LogP contribution in [0.15, 0.2) is 146 Å². The normalized spacial score (nSPS) is 15.0. The van der Waals surface area contributed by atoms with Crippen LogP contribution in [0.1, 0.15) is 265 Å². The van der Waals surface area contributed by atoms with E-state index in [1.54, 1.807) is 0 Å². The van der Waals surface area contributed by atoms with Crippen molar-refractivity contribution < 1.29 is 75.8 Å². The monoisotopic (exact) mass is 1370 g/mol. The molecule has 0 aliphatic carbocycles. The molecule has 0 spiro atoms. The predicted octanol–water partition coefficient (Wildman–Crippen LogP) is 20.5. The van der Waals surface area contributed by atoms with Gasteiger partial charge in [0.15, 0.2) is 6.10 Å². The van der Waals surface area contributed by atoms with Crippen LogP contribution >= 0.6 is 15.6 Å². The number of esters is 3. The summed E-state index contributed by atoms with van der Waals surface area (Å²) >= 11 is 0. The molecule has 0 aliphatic rings. The lowest BCUT2D eigenvalue weighted by Gasteiger charge is -2.21. The van der Waals surface area contributed by atoms with E-state index in [4.69, 9.17) is 32.3 Å². The molecule has 0 amide bonds. The average molecular weight is 1370 g/mol. The molecule has 542 valence electrons. The van der Waals surface area contributed by atoms with Crippen LogP contribution < -0.4 is 0 Å². The first kappa shape index (κ1) is 90.4. The third kappa shape index (κ3) is 70.6. The number of phosphoric acid groups is 2. The van der Waals surface area contributed by atoms with Gasteiger partial charge in [0, 0.05) is 19.3 Å². The number of aliphatic hydroxyl groups is 2. The minimum absolute atomic E-state index is 0.0678. The van der Waals surface area contributed by atoms with Gasteiger partial charge in [-0.1, -0.05) is 250 Å². The van der Waals surface area contributed by atoms with Crippen molar-refractivity contribution in [2.45, 2.75) is 283 Å². The third-order valence-electron chi connectivity index (χ3n) is 14.5. The molecule has 0 aromatic rings. The minimum atomic E-state index is -4.94. The summed E-state index contributed by atoms with van der Waals surface area (Å²) in [5, 5.41) is 20.6. The molecule has 0 aromatic heterocycles. The van der Waals surface area contributed by atoms with Gasteiger partial charge in [-0.05, 0) is 141 Å². The zero-order valence-corrected chi connectivity index (χ0v) is 60.6. The lowest BCUT2D eigenvalue weighted by atomic mass is 10.1. The molecule has 0 aromatic carbocycles. The molecule has 4 N–H and O–H groups in total. The van der Waals surface area contributed by atoms with Crippen LogP contribution in [0.4, 0.5) is 0 Å². The van der Waals surface area contributed by atoms with Crippen LogP contribution in [0.2, 0.25) is 0 Å². The van der Waals surface area contributed by atoms with E-state index in [9.17, 15) is 43.5 Å². The zero-order chi connectivity index (χ0) is 69.5. The van der Waals surface area contributed by atoms with Crippen molar-refractivity contribution in [3.05, 3.63) is 146 Å². The molecule has 95 heavy (non-hydrogen) atoms. The summed E-state index contributed by atoms with van der Waals surface area (Å²) in [7, 11) is -9.81. The summed E-state index contributed by atoms with van der Waals surface area (Å²) in [5.41, 5.74) is 0. The Morgan fingerprint density at radius 1 is 0.305 bits per heavy atom. The number of rotatable bonds is 67. The Morgan fingerprint density at radius 3 is 0.884 bits per heavy atom. The first-order chi connectivity index (χ1) is 46.2. The minimum Gasteiger partial charge on any atom is -0.463 e. The maximum absolute atomic E-state index is 12.9. The highest BCUT2D eigenvalue weighted by Crippen LogP contribution is 2.45. The molecule has 0 saturated carbocycles. The van der Waals surface area contributed by atoms with Gasteiger partial charge in [-0.15, -0.1) is 0 Å². The Hall–Kier alpha value is -4.57. The van der Waals surface area contributed by atoms with Crippen LogP contribution in [0.5, 0.6) is 0 Å². The SMILES string of the molecule is CC/C=C\C/C=C\C/C=C\C/C=C\CCCCCCCCC(=O)OCC(COP(=O)(O)OCC(O)COP(=O)(O)OCC(O)COC(=O)CCCCCCCCC/C=C\C/C=C\C/C=C\C/C=C\CCCCC)OC(=O)CCCCCC/C=C\C/C=C\C/C=C\C/C=C\CC. The summed E-state index contributed by atoms with van der Waals surface area (Å²) in [6.45, 7) is 2.34. The number of phosphoric ester groups is 2. The molecular formula is C77H128O16P2. The fraction of sp³-hybridized carbons (Fsp3) is 0.649. The van der Waals surface area contributed by atoms with Gasteiger partial charge in [0.1, 0.15) is 25.4 Å². The van der Waals surface area contributed by atoms with Crippen LogP contribution in [0.25, 0.3) is 0 Å². The maximum atomic E-state index is 12.9. The molecule has 0 saturated heterocycles. The molecule has 0 aliphatic heterocycles. The largest absolute Gasteiger partial charge is 0.472 e. The van der Waals surface area contributed by atoms with Crippen molar-refractivity contribution in [3.63, 3.8) is 0 Å². The highest BCUT2D eigenvalue weighted by atomic mass is 31.2. The van der Waals surface area contributed by atoms with Gasteiger partial charge in [0.25, 0.3) is 0 Å². The van der Waals surface area contributed by atoms with E-state index in [1.807, 2.05) is 0 Å². The van der Waals surface area contributed by atoms with Gasteiger partial charge in [-0.25, -0.2) is 9.13 Å². The Labute approximate surface area is 575 Å². The topological polar surface area (TPSA) is 231 Å². The van der Waals surface area contributed by atoms with Crippen LogP contribution in [-0.4, -0.2) is 95.9 Å². The Bertz CT molecular complexity index is 2310. The fourth-order valence-corrected chi connectivity index (χ4v) is 10.6. The Morgan fingerprint density at radius 2 is 0.558 bits per heavy atom. The second-order valence-electron chi connectivity index (χ2n) is 23.6. The number of allylic oxidation sites excluding steroid dienone is 24. The van der Waals surface area contributed by atoms with Crippen molar-refractivity contribution in [1.82, 2.24) is 0 Å². The maximum Gasteiger partial charge on any atom is 0.472 e. The number of aliphatic hydroxyl groups excluding tert-OH is 2. The lowest BCUT2D eigenvalue weighted by Crippen LogP contribution is -2.30. The van der Waals surface area contributed by atoms with E-state index >= 15 is 0 Å². The average Bonchev–Trinajstić information content (AvgIpc) is 2.35. The molecule has 16 nitrogen and oxygen atoms in total. The van der Waals surface area contributed by atoms with E-state index in [0.29, 0.717) is 19.3 Å². The van der Waals surface area contributed by atoms with E-state index < -0.39 is 91.5 Å². The van der Waals surface area contributed by atoms with Gasteiger partial charge in [-0.3, -0.25) is 32.5 Å². The number of unbranched alkanes of at least 4 members (excludes halogenated alkanes) is 20. The fourth-order valence-electron chi connectivity index (χ4n) is 9.06. The first-order valence-electron chi connectivity index (χ1n) is 36.1. The summed E-state index contributed by atoms with van der Waals surface area (Å²) in [4.78, 5) is 58.5. The Kier molecular flexibility index (Phi) is 66.0. The van der Waals surface area contributed by atoms with Crippen molar-refractivity contribution in [1.29, 1.82) is 0 Å². The molecule has 0 rings (SSSR count). The van der Waals surface area contributed by atoms with E-state index in [2.05, 4.69) is 167 Å². The Balaban J connectivity index is 4.71. The number of hydrogen-bond donors (Lipinski definition) is 4. The standard InChI is InChI=1S/C77H128O16P2/c1-4-7-10-13-16-19-22-25-28-31-33-34-35-36-38-41-42-45-48-51-54-57-60-63-75(80)87-66-72(78)67-89-94(83,84)90-68-73(79)69-91-95(85,86)92-71-74(93-77(82)65-62-59-56-53-50-47-44-39-30-27-24-21-18-15-12-9-6-3)70-88-76(81)64-61-58-55-52-49-46-43-40-37-32-29-26-23-20-17-14-11-8-5-2/h8-9,11-12,16-21,25-30,33-34,36-38,40,44,47,72-74,78-79H,4-7,10,13-15,22-24,31-32,35,39,41-43,45-46,48-71H2,1-3H3,(H,83,84)(H,85,86)/b11-8-,12-9-,19-16-,20-17-,21-18-,28-25-,29-26-,30-27-,34-33-,38-36-,40-37-,47-44-. The van der Waals surface area contributed by atoms with Gasteiger partial charge in [0.2, 0.25) is 0 Å². The second kappa shape index (κ2) is 69.3. The summed E-state index contributed by atoms with van der Waals surface area (Å²) < 4.78 is 61.0.